The second-order valence-corrected chi connectivity index (χ2v) is 12.4. The summed E-state index contributed by atoms with van der Waals surface area (Å²) in [6, 6.07) is -1.04. The molecule has 2 N–H and O–H groups in total. The molecule has 8 nitrogen and oxygen atoms in total. The standard InChI is InChI=1S/C28H39NO7/c1-27-11-9-17(30)13-16(27)3-4-19-20-5-6-23(28(20,2)12-10-21(19)27)36-25(33)8-7-24(32)29-15-18(31)14-22(29)26(34)35/h13,18-23,31H,3-12,14-15H2,1-2H3,(H,34,35)/t18?,19?,20?,21?,22?,23?,27-,28-/m0/s1. The molecule has 1 amide bonds. The Labute approximate surface area is 212 Å². The molecule has 1 heterocycles. The van der Waals surface area contributed by atoms with Gasteiger partial charge in [-0.15, -0.1) is 0 Å². The van der Waals surface area contributed by atoms with E-state index >= 15 is 0 Å². The molecule has 1 aliphatic heterocycles. The number of carbonyl (C=O) groups is 4. The summed E-state index contributed by atoms with van der Waals surface area (Å²) in [6.07, 6.45) is 8.37. The number of β-amino-alcohol motifs (C(OH)–C–C–N with tert-alkyl or cyclic N) is 1. The van der Waals surface area contributed by atoms with Crippen molar-refractivity contribution in [3.8, 4) is 0 Å². The predicted molar refractivity (Wildman–Crippen MR) is 130 cm³/mol. The number of ketones is 1. The van der Waals surface area contributed by atoms with Crippen LogP contribution in [0.5, 0.6) is 0 Å². The van der Waals surface area contributed by atoms with E-state index in [2.05, 4.69) is 13.8 Å². The first-order valence-corrected chi connectivity index (χ1v) is 13.7. The second kappa shape index (κ2) is 9.26. The zero-order valence-corrected chi connectivity index (χ0v) is 21.4. The Bertz CT molecular complexity index is 990. The molecule has 198 valence electrons. The van der Waals surface area contributed by atoms with E-state index in [1.54, 1.807) is 0 Å². The normalized spacial score (nSPS) is 41.7. The van der Waals surface area contributed by atoms with Gasteiger partial charge in [-0.1, -0.05) is 19.4 Å². The van der Waals surface area contributed by atoms with E-state index in [0.29, 0.717) is 24.2 Å². The molecule has 0 aromatic heterocycles. The lowest BCUT2D eigenvalue weighted by Crippen LogP contribution is -2.51. The van der Waals surface area contributed by atoms with Crippen molar-refractivity contribution in [2.75, 3.05) is 6.54 Å². The molecule has 1 saturated heterocycles. The van der Waals surface area contributed by atoms with Crippen molar-refractivity contribution in [3.63, 3.8) is 0 Å². The lowest BCUT2D eigenvalue weighted by atomic mass is 9.47. The first kappa shape index (κ1) is 25.4. The van der Waals surface area contributed by atoms with Crippen LogP contribution in [0.1, 0.15) is 84.5 Å². The maximum Gasteiger partial charge on any atom is 0.326 e. The topological polar surface area (TPSA) is 121 Å². The van der Waals surface area contributed by atoms with E-state index in [0.717, 1.165) is 44.9 Å². The van der Waals surface area contributed by atoms with Crippen molar-refractivity contribution in [2.24, 2.45) is 28.6 Å². The highest BCUT2D eigenvalue weighted by molar-refractivity contribution is 5.91. The third-order valence-corrected chi connectivity index (χ3v) is 10.6. The van der Waals surface area contributed by atoms with E-state index in [9.17, 15) is 29.4 Å². The van der Waals surface area contributed by atoms with E-state index in [1.165, 1.54) is 10.5 Å². The van der Waals surface area contributed by atoms with Gasteiger partial charge in [0.1, 0.15) is 12.1 Å². The zero-order chi connectivity index (χ0) is 25.8. The van der Waals surface area contributed by atoms with Crippen molar-refractivity contribution < 1.29 is 34.1 Å². The smallest absolute Gasteiger partial charge is 0.326 e. The molecule has 6 unspecified atom stereocenters. The van der Waals surface area contributed by atoms with Crippen LogP contribution in [0, 0.1) is 28.6 Å². The summed E-state index contributed by atoms with van der Waals surface area (Å²) >= 11 is 0. The van der Waals surface area contributed by atoms with Crippen molar-refractivity contribution in [1.82, 2.24) is 4.90 Å². The molecule has 0 radical (unpaired) electrons. The number of carboxylic acid groups (broad SMARTS) is 1. The number of aliphatic hydroxyl groups excluding tert-OH is 1. The Balaban J connectivity index is 1.19. The number of carbonyl (C=O) groups excluding carboxylic acids is 3. The fourth-order valence-electron chi connectivity index (χ4n) is 8.60. The van der Waals surface area contributed by atoms with Crippen molar-refractivity contribution >= 4 is 23.6 Å². The minimum absolute atomic E-state index is 0.0141. The summed E-state index contributed by atoms with van der Waals surface area (Å²) in [4.78, 5) is 50.0. The summed E-state index contributed by atoms with van der Waals surface area (Å²) in [5.41, 5.74) is 1.39. The minimum atomic E-state index is -1.14. The lowest BCUT2D eigenvalue weighted by Gasteiger charge is -2.57. The van der Waals surface area contributed by atoms with Gasteiger partial charge in [-0.3, -0.25) is 14.4 Å². The summed E-state index contributed by atoms with van der Waals surface area (Å²) in [6.45, 7) is 4.62. The fraction of sp³-hybridized carbons (Fsp3) is 0.786. The van der Waals surface area contributed by atoms with Gasteiger partial charge in [0.05, 0.1) is 12.5 Å². The van der Waals surface area contributed by atoms with E-state index < -0.39 is 30.0 Å². The Hall–Kier alpha value is -2.22. The van der Waals surface area contributed by atoms with Crippen LogP contribution in [0.3, 0.4) is 0 Å². The first-order valence-electron chi connectivity index (χ1n) is 13.7. The number of esters is 1. The maximum absolute atomic E-state index is 12.8. The highest BCUT2D eigenvalue weighted by atomic mass is 16.5. The van der Waals surface area contributed by atoms with Crippen LogP contribution in [0.2, 0.25) is 0 Å². The quantitative estimate of drug-likeness (QED) is 0.555. The van der Waals surface area contributed by atoms with Crippen molar-refractivity contribution in [2.45, 2.75) is 103 Å². The van der Waals surface area contributed by atoms with Crippen LogP contribution < -0.4 is 0 Å². The van der Waals surface area contributed by atoms with Crippen LogP contribution in [-0.4, -0.2) is 63.5 Å². The van der Waals surface area contributed by atoms with Gasteiger partial charge in [0, 0.05) is 31.2 Å². The van der Waals surface area contributed by atoms with Gasteiger partial charge in [-0.25, -0.2) is 4.79 Å². The molecular weight excluding hydrogens is 462 g/mol. The van der Waals surface area contributed by atoms with Crippen molar-refractivity contribution in [3.05, 3.63) is 11.6 Å². The second-order valence-electron chi connectivity index (χ2n) is 12.4. The fourth-order valence-corrected chi connectivity index (χ4v) is 8.60. The largest absolute Gasteiger partial charge is 0.480 e. The van der Waals surface area contributed by atoms with Gasteiger partial charge in [-0.05, 0) is 74.2 Å². The Kier molecular flexibility index (Phi) is 6.54. The van der Waals surface area contributed by atoms with Gasteiger partial charge in [0.25, 0.3) is 0 Å². The molecule has 0 aromatic carbocycles. The van der Waals surface area contributed by atoms with E-state index in [1.807, 2.05) is 6.08 Å². The zero-order valence-electron chi connectivity index (χ0n) is 21.4. The average Bonchev–Trinajstić information content (AvgIpc) is 3.38. The third kappa shape index (κ3) is 4.19. The molecule has 36 heavy (non-hydrogen) atoms. The van der Waals surface area contributed by atoms with Gasteiger partial charge in [0.15, 0.2) is 5.78 Å². The van der Waals surface area contributed by atoms with Gasteiger partial charge >= 0.3 is 11.9 Å². The number of allylic oxidation sites excluding steroid dienone is 1. The molecule has 5 rings (SSSR count). The molecule has 8 heteroatoms. The molecule has 4 aliphatic carbocycles. The molecule has 0 spiro atoms. The highest BCUT2D eigenvalue weighted by Gasteiger charge is 2.60. The summed E-state index contributed by atoms with van der Waals surface area (Å²) in [5, 5.41) is 19.1. The van der Waals surface area contributed by atoms with Gasteiger partial charge in [0.2, 0.25) is 5.91 Å². The first-order chi connectivity index (χ1) is 17.0. The van der Waals surface area contributed by atoms with Crippen LogP contribution in [0.15, 0.2) is 11.6 Å². The van der Waals surface area contributed by atoms with E-state index in [-0.39, 0.29) is 48.5 Å². The lowest BCUT2D eigenvalue weighted by molar-refractivity contribution is -0.161. The van der Waals surface area contributed by atoms with E-state index in [4.69, 9.17) is 4.74 Å². The number of aliphatic hydroxyl groups is 1. The van der Waals surface area contributed by atoms with Crippen LogP contribution in [-0.2, 0) is 23.9 Å². The van der Waals surface area contributed by atoms with Crippen LogP contribution >= 0.6 is 0 Å². The Morgan fingerprint density at radius 3 is 2.58 bits per heavy atom. The van der Waals surface area contributed by atoms with Crippen molar-refractivity contribution in [1.29, 1.82) is 0 Å². The number of fused-ring (bicyclic) bond motifs is 5. The summed E-state index contributed by atoms with van der Waals surface area (Å²) in [5.74, 6) is -0.0520. The molecule has 4 fully saturated rings. The number of rotatable bonds is 5. The minimum Gasteiger partial charge on any atom is -0.480 e. The van der Waals surface area contributed by atoms with Crippen LogP contribution in [0.25, 0.3) is 0 Å². The number of carboxylic acids is 1. The molecule has 0 bridgehead atoms. The molecular formula is C28H39NO7. The van der Waals surface area contributed by atoms with Crippen LogP contribution in [0.4, 0.5) is 0 Å². The molecule has 3 saturated carbocycles. The summed E-state index contributed by atoms with van der Waals surface area (Å²) < 4.78 is 5.99. The SMILES string of the molecule is C[C@]12CCC3C(CCC4=CC(=O)CC[C@@]43C)C1CCC2OC(=O)CCC(=O)N1CC(O)CC1C(=O)O. The Morgan fingerprint density at radius 2 is 1.83 bits per heavy atom. The van der Waals surface area contributed by atoms with Gasteiger partial charge in [-0.2, -0.15) is 0 Å². The third-order valence-electron chi connectivity index (χ3n) is 10.6. The number of amides is 1. The van der Waals surface area contributed by atoms with Gasteiger partial charge < -0.3 is 19.8 Å². The monoisotopic (exact) mass is 501 g/mol. The number of ether oxygens (including phenoxy) is 1. The number of hydrogen-bond donors (Lipinski definition) is 2. The molecule has 0 aromatic rings. The number of aliphatic carboxylic acids is 1. The maximum atomic E-state index is 12.8. The predicted octanol–water partition coefficient (Wildman–Crippen LogP) is 3.26. The molecule has 5 aliphatic rings. The number of nitrogens with zero attached hydrogens (tertiary/aromatic N) is 1. The number of hydrogen-bond acceptors (Lipinski definition) is 6. The Morgan fingerprint density at radius 1 is 1.06 bits per heavy atom. The number of likely N-dealkylation sites (tertiary alicyclic amines) is 1. The average molecular weight is 502 g/mol. The summed E-state index contributed by atoms with van der Waals surface area (Å²) in [7, 11) is 0. The molecule has 8 atom stereocenters. The highest BCUT2D eigenvalue weighted by Crippen LogP contribution is 2.65.